The third-order valence-corrected chi connectivity index (χ3v) is 4.05. The van der Waals surface area contributed by atoms with E-state index in [1.165, 1.54) is 10.4 Å². The maximum atomic E-state index is 10.3. The average Bonchev–Trinajstić information content (AvgIpc) is 2.52. The first-order valence-electron chi connectivity index (χ1n) is 5.24. The summed E-state index contributed by atoms with van der Waals surface area (Å²) >= 11 is 5.12. The molecule has 3 nitrogen and oxygen atoms in total. The molecule has 0 spiro atoms. The Morgan fingerprint density at radius 3 is 2.81 bits per heavy atom. The topological polar surface area (TPSA) is 63.3 Å². The first kappa shape index (κ1) is 13.7. The van der Waals surface area contributed by atoms with Crippen molar-refractivity contribution in [2.45, 2.75) is 38.6 Å². The fourth-order valence-corrected chi connectivity index (χ4v) is 3.40. The first-order chi connectivity index (χ1) is 7.50. The van der Waals surface area contributed by atoms with Crippen LogP contribution in [0.15, 0.2) is 9.85 Å². The lowest BCUT2D eigenvalue weighted by molar-refractivity contribution is -0.137. The third-order valence-electron chi connectivity index (χ3n) is 2.48. The van der Waals surface area contributed by atoms with Crippen molar-refractivity contribution in [2.75, 3.05) is 0 Å². The monoisotopic (exact) mass is 305 g/mol. The van der Waals surface area contributed by atoms with Crippen molar-refractivity contribution in [3.63, 3.8) is 0 Å². The molecular formula is C11H16BrNO2S. The number of aliphatic carboxylic acids is 1. The van der Waals surface area contributed by atoms with Crippen LogP contribution in [0.5, 0.6) is 0 Å². The average molecular weight is 306 g/mol. The predicted octanol–water partition coefficient (Wildman–Crippen LogP) is 3.46. The lowest BCUT2D eigenvalue weighted by Gasteiger charge is -2.10. The van der Waals surface area contributed by atoms with Gasteiger partial charge in [0.15, 0.2) is 0 Å². The minimum absolute atomic E-state index is 0.0244. The minimum Gasteiger partial charge on any atom is -0.481 e. The Hall–Kier alpha value is -0.390. The van der Waals surface area contributed by atoms with Gasteiger partial charge in [-0.1, -0.05) is 6.42 Å². The lowest BCUT2D eigenvalue weighted by Crippen LogP contribution is -2.10. The molecule has 1 atom stereocenters. The molecule has 0 saturated carbocycles. The number of carbonyl (C=O) groups is 1. The highest BCUT2D eigenvalue weighted by molar-refractivity contribution is 9.11. The van der Waals surface area contributed by atoms with Crippen LogP contribution in [-0.2, 0) is 4.79 Å². The van der Waals surface area contributed by atoms with Crippen molar-refractivity contribution in [3.8, 4) is 0 Å². The van der Waals surface area contributed by atoms with E-state index in [9.17, 15) is 4.79 Å². The van der Waals surface area contributed by atoms with E-state index in [0.717, 1.165) is 16.6 Å². The highest BCUT2D eigenvalue weighted by Gasteiger charge is 2.11. The molecular weight excluding hydrogens is 290 g/mol. The lowest BCUT2D eigenvalue weighted by atomic mass is 10.0. The van der Waals surface area contributed by atoms with Crippen LogP contribution in [0.1, 0.15) is 42.2 Å². The number of unbranched alkanes of at least 4 members (excludes halogenated alkanes) is 1. The van der Waals surface area contributed by atoms with E-state index >= 15 is 0 Å². The molecule has 0 saturated heterocycles. The van der Waals surface area contributed by atoms with E-state index in [1.54, 1.807) is 11.3 Å². The summed E-state index contributed by atoms with van der Waals surface area (Å²) in [4.78, 5) is 11.6. The van der Waals surface area contributed by atoms with Crippen LogP contribution < -0.4 is 5.73 Å². The largest absolute Gasteiger partial charge is 0.481 e. The summed E-state index contributed by atoms with van der Waals surface area (Å²) in [7, 11) is 0. The molecule has 0 radical (unpaired) electrons. The van der Waals surface area contributed by atoms with Crippen molar-refractivity contribution < 1.29 is 9.90 Å². The molecule has 1 rings (SSSR count). The van der Waals surface area contributed by atoms with Gasteiger partial charge < -0.3 is 10.8 Å². The maximum absolute atomic E-state index is 10.3. The number of carboxylic acid groups (broad SMARTS) is 1. The standard InChI is InChI=1S/C11H16BrNO2S/c1-7-8(6-10(12)16-7)9(13)4-2-3-5-11(14)15/h6,9H,2-5,13H2,1H3,(H,14,15). The Balaban J connectivity index is 2.38. The minimum atomic E-state index is -0.733. The summed E-state index contributed by atoms with van der Waals surface area (Å²) in [5.74, 6) is -0.733. The molecule has 0 fully saturated rings. The molecule has 1 heterocycles. The molecule has 3 N–H and O–H groups in total. The van der Waals surface area contributed by atoms with Gasteiger partial charge in [0.2, 0.25) is 0 Å². The quantitative estimate of drug-likeness (QED) is 0.791. The van der Waals surface area contributed by atoms with Crippen molar-refractivity contribution in [1.82, 2.24) is 0 Å². The third kappa shape index (κ3) is 4.23. The fraction of sp³-hybridized carbons (Fsp3) is 0.545. The maximum Gasteiger partial charge on any atom is 0.303 e. The summed E-state index contributed by atoms with van der Waals surface area (Å²) in [5.41, 5.74) is 7.24. The molecule has 1 aromatic rings. The molecule has 0 amide bonds. The smallest absolute Gasteiger partial charge is 0.303 e. The van der Waals surface area contributed by atoms with Gasteiger partial charge in [0.25, 0.3) is 0 Å². The van der Waals surface area contributed by atoms with E-state index in [0.29, 0.717) is 6.42 Å². The molecule has 90 valence electrons. The first-order valence-corrected chi connectivity index (χ1v) is 6.85. The summed E-state index contributed by atoms with van der Waals surface area (Å²) in [5, 5.41) is 8.51. The molecule has 0 aliphatic rings. The highest BCUT2D eigenvalue weighted by atomic mass is 79.9. The van der Waals surface area contributed by atoms with Crippen molar-refractivity contribution >= 4 is 33.2 Å². The van der Waals surface area contributed by atoms with Gasteiger partial charge in [-0.25, -0.2) is 0 Å². The number of hydrogen-bond donors (Lipinski definition) is 2. The van der Waals surface area contributed by atoms with Crippen LogP contribution in [0.3, 0.4) is 0 Å². The van der Waals surface area contributed by atoms with Gasteiger partial charge in [-0.15, -0.1) is 11.3 Å². The van der Waals surface area contributed by atoms with E-state index in [-0.39, 0.29) is 12.5 Å². The number of rotatable bonds is 6. The Labute approximate surface area is 108 Å². The van der Waals surface area contributed by atoms with Crippen LogP contribution in [0.25, 0.3) is 0 Å². The molecule has 5 heteroatoms. The zero-order chi connectivity index (χ0) is 12.1. The van der Waals surface area contributed by atoms with Gasteiger partial charge in [-0.3, -0.25) is 4.79 Å². The molecule has 0 bridgehead atoms. The number of hydrogen-bond acceptors (Lipinski definition) is 3. The molecule has 0 aliphatic carbocycles. The summed E-state index contributed by atoms with van der Waals surface area (Å²) in [6, 6.07) is 2.08. The molecule has 0 aliphatic heterocycles. The number of halogens is 1. The summed E-state index contributed by atoms with van der Waals surface area (Å²) in [6.07, 6.45) is 2.64. The van der Waals surface area contributed by atoms with Crippen molar-refractivity contribution in [2.24, 2.45) is 5.73 Å². The second-order valence-electron chi connectivity index (χ2n) is 3.81. The second kappa shape index (κ2) is 6.37. The van der Waals surface area contributed by atoms with E-state index in [4.69, 9.17) is 10.8 Å². The van der Waals surface area contributed by atoms with Gasteiger partial charge in [-0.05, 0) is 47.3 Å². The van der Waals surface area contributed by atoms with E-state index in [1.807, 2.05) is 0 Å². The van der Waals surface area contributed by atoms with Crippen LogP contribution in [0.4, 0.5) is 0 Å². The second-order valence-corrected chi connectivity index (χ2v) is 6.44. The van der Waals surface area contributed by atoms with Crippen LogP contribution >= 0.6 is 27.3 Å². The van der Waals surface area contributed by atoms with Crippen molar-refractivity contribution in [1.29, 1.82) is 0 Å². The number of carboxylic acids is 1. The van der Waals surface area contributed by atoms with Gasteiger partial charge in [-0.2, -0.15) is 0 Å². The molecule has 16 heavy (non-hydrogen) atoms. The molecule has 1 aromatic heterocycles. The van der Waals surface area contributed by atoms with Crippen molar-refractivity contribution in [3.05, 3.63) is 20.3 Å². The van der Waals surface area contributed by atoms with Gasteiger partial charge in [0, 0.05) is 17.3 Å². The Kier molecular flexibility index (Phi) is 5.44. The zero-order valence-electron chi connectivity index (χ0n) is 9.20. The summed E-state index contributed by atoms with van der Waals surface area (Å²) < 4.78 is 1.10. The van der Waals surface area contributed by atoms with Crippen LogP contribution in [-0.4, -0.2) is 11.1 Å². The normalized spacial score (nSPS) is 12.7. The Bertz CT molecular complexity index is 365. The van der Waals surface area contributed by atoms with Crippen LogP contribution in [0.2, 0.25) is 0 Å². The van der Waals surface area contributed by atoms with E-state index in [2.05, 4.69) is 28.9 Å². The highest BCUT2D eigenvalue weighted by Crippen LogP contribution is 2.31. The summed E-state index contributed by atoms with van der Waals surface area (Å²) in [6.45, 7) is 2.06. The Morgan fingerprint density at radius 2 is 2.31 bits per heavy atom. The molecule has 1 unspecified atom stereocenters. The van der Waals surface area contributed by atoms with Gasteiger partial charge in [0.05, 0.1) is 3.79 Å². The molecule has 0 aromatic carbocycles. The number of aryl methyl sites for hydroxylation is 1. The fourth-order valence-electron chi connectivity index (χ4n) is 1.62. The van der Waals surface area contributed by atoms with Gasteiger partial charge in [0.1, 0.15) is 0 Å². The number of nitrogens with two attached hydrogens (primary N) is 1. The Morgan fingerprint density at radius 1 is 1.62 bits per heavy atom. The SMILES string of the molecule is Cc1sc(Br)cc1C(N)CCCCC(=O)O. The number of thiophene rings is 1. The predicted molar refractivity (Wildman–Crippen MR) is 69.8 cm³/mol. The van der Waals surface area contributed by atoms with Gasteiger partial charge >= 0.3 is 5.97 Å². The zero-order valence-corrected chi connectivity index (χ0v) is 11.6. The van der Waals surface area contributed by atoms with Crippen LogP contribution in [0, 0.1) is 6.92 Å². The van der Waals surface area contributed by atoms with E-state index < -0.39 is 5.97 Å².